The molecule has 0 aliphatic heterocycles. The summed E-state index contributed by atoms with van der Waals surface area (Å²) in [6, 6.07) is -1.54. The van der Waals surface area contributed by atoms with Gasteiger partial charge in [0.05, 0.1) is 11.9 Å². The van der Waals surface area contributed by atoms with Crippen molar-refractivity contribution >= 4 is 11.9 Å². The van der Waals surface area contributed by atoms with Gasteiger partial charge in [-0.15, -0.1) is 0 Å². The van der Waals surface area contributed by atoms with E-state index in [1.54, 1.807) is 0 Å². The molecule has 132 valence electrons. The van der Waals surface area contributed by atoms with Crippen molar-refractivity contribution in [2.75, 3.05) is 0 Å². The second-order valence-electron chi connectivity index (χ2n) is 5.55. The van der Waals surface area contributed by atoms with Gasteiger partial charge >= 0.3 is 59.1 Å². The first-order chi connectivity index (χ1) is 10.4. The molecule has 0 spiro atoms. The van der Waals surface area contributed by atoms with Crippen LogP contribution in [0.4, 0.5) is 0 Å². The minimum absolute atomic E-state index is 0. The van der Waals surface area contributed by atoms with Crippen LogP contribution in [0.25, 0.3) is 0 Å². The quantitative estimate of drug-likeness (QED) is 0.262. The Kier molecular flexibility index (Phi) is 32.3. The van der Waals surface area contributed by atoms with Gasteiger partial charge in [0.2, 0.25) is 0 Å². The molecule has 2 unspecified atom stereocenters. The summed E-state index contributed by atoms with van der Waals surface area (Å²) in [6.07, 6.45) is 9.62. The molecule has 0 aromatic heterocycles. The zero-order valence-electron chi connectivity index (χ0n) is 16.0. The molecule has 0 rings (SSSR count). The Morgan fingerprint density at radius 2 is 1.00 bits per heavy atom. The molecule has 6 nitrogen and oxygen atoms in total. The minimum Gasteiger partial charge on any atom is -0.548 e. The summed E-state index contributed by atoms with van der Waals surface area (Å²) in [5.41, 5.74) is 10.5. The molecule has 4 N–H and O–H groups in total. The van der Waals surface area contributed by atoms with Crippen molar-refractivity contribution in [3.05, 3.63) is 0 Å². The van der Waals surface area contributed by atoms with Crippen molar-refractivity contribution in [2.24, 2.45) is 11.5 Å². The Morgan fingerprint density at radius 1 is 0.708 bits per heavy atom. The molecule has 0 aliphatic rings. The molecule has 2 atom stereocenters. The van der Waals surface area contributed by atoms with Crippen LogP contribution in [0.1, 0.15) is 78.1 Å². The number of carbonyl (C=O) groups is 2. The summed E-state index contributed by atoms with van der Waals surface area (Å²) in [4.78, 5) is 20.3. The third-order valence-corrected chi connectivity index (χ3v) is 3.34. The van der Waals surface area contributed by atoms with E-state index in [-0.39, 0.29) is 59.1 Å². The molecule has 24 heavy (non-hydrogen) atoms. The zero-order valence-corrected chi connectivity index (χ0v) is 20.0. The molecule has 0 heterocycles. The Labute approximate surface area is 191 Å². The molecule has 0 radical (unpaired) electrons. The van der Waals surface area contributed by atoms with Gasteiger partial charge in [0.1, 0.15) is 0 Å². The van der Waals surface area contributed by atoms with E-state index >= 15 is 0 Å². The Morgan fingerprint density at radius 3 is 1.21 bits per heavy atom. The maximum absolute atomic E-state index is 10.1. The van der Waals surface area contributed by atoms with E-state index in [0.29, 0.717) is 12.8 Å². The summed E-state index contributed by atoms with van der Waals surface area (Å²) < 4.78 is 0. The average molecular weight is 362 g/mol. The van der Waals surface area contributed by atoms with E-state index in [4.69, 9.17) is 11.5 Å². The maximum Gasteiger partial charge on any atom is 1.00 e. The van der Waals surface area contributed by atoms with Crippen LogP contribution in [-0.2, 0) is 9.59 Å². The number of carbonyl (C=O) groups excluding carboxylic acids is 2. The molecule has 0 aromatic carbocycles. The van der Waals surface area contributed by atoms with E-state index in [1.807, 2.05) is 0 Å². The smallest absolute Gasteiger partial charge is 0.548 e. The molecule has 0 amide bonds. The second kappa shape index (κ2) is 23.9. The van der Waals surface area contributed by atoms with Crippen LogP contribution in [0.5, 0.6) is 0 Å². The summed E-state index contributed by atoms with van der Waals surface area (Å²) in [7, 11) is 0. The van der Waals surface area contributed by atoms with Crippen LogP contribution >= 0.6 is 0 Å². The van der Waals surface area contributed by atoms with Crippen LogP contribution in [0, 0.1) is 0 Å². The predicted octanol–water partition coefficient (Wildman–Crippen LogP) is -5.92. The number of hydrogen-bond acceptors (Lipinski definition) is 6. The van der Waals surface area contributed by atoms with Crippen molar-refractivity contribution in [3.63, 3.8) is 0 Å². The number of hydrogen-bond donors (Lipinski definition) is 2. The van der Waals surface area contributed by atoms with Gasteiger partial charge in [-0.2, -0.15) is 0 Å². The Balaban J connectivity index is -0.000000154. The normalized spacial score (nSPS) is 11.8. The van der Waals surface area contributed by atoms with Crippen molar-refractivity contribution in [2.45, 2.75) is 90.1 Å². The first-order valence-corrected chi connectivity index (χ1v) is 8.29. The van der Waals surface area contributed by atoms with Crippen molar-refractivity contribution < 1.29 is 78.9 Å². The third-order valence-electron chi connectivity index (χ3n) is 3.34. The number of nitrogens with two attached hydrogens (primary N) is 2. The second-order valence-corrected chi connectivity index (χ2v) is 5.55. The first-order valence-electron chi connectivity index (χ1n) is 8.29. The van der Waals surface area contributed by atoms with Crippen LogP contribution < -0.4 is 80.8 Å². The van der Waals surface area contributed by atoms with Gasteiger partial charge in [-0.3, -0.25) is 0 Å². The summed E-state index contributed by atoms with van der Waals surface area (Å²) in [5, 5.41) is 20.3. The van der Waals surface area contributed by atoms with Crippen LogP contribution in [0.3, 0.4) is 0 Å². The van der Waals surface area contributed by atoms with Crippen LogP contribution in [0.15, 0.2) is 0 Å². The molecule has 0 aliphatic carbocycles. The molecule has 0 saturated carbocycles. The van der Waals surface area contributed by atoms with Gasteiger partial charge in [0, 0.05) is 12.1 Å². The van der Waals surface area contributed by atoms with Gasteiger partial charge in [-0.25, -0.2) is 0 Å². The number of carboxylic acid groups (broad SMARTS) is 2. The number of carboxylic acids is 2. The van der Waals surface area contributed by atoms with E-state index in [2.05, 4.69) is 13.8 Å². The fraction of sp³-hybridized carbons (Fsp3) is 0.875. The fourth-order valence-electron chi connectivity index (χ4n) is 1.82. The van der Waals surface area contributed by atoms with Gasteiger partial charge in [0.25, 0.3) is 0 Å². The SMILES string of the molecule is CCCCCCC(N)C(=O)[O-].CCCCCCC(N)C(=O)[O-].[Na+].[Na+]. The van der Waals surface area contributed by atoms with Crippen molar-refractivity contribution in [3.8, 4) is 0 Å². The van der Waals surface area contributed by atoms with Crippen molar-refractivity contribution in [1.29, 1.82) is 0 Å². The topological polar surface area (TPSA) is 132 Å². The van der Waals surface area contributed by atoms with Crippen molar-refractivity contribution in [1.82, 2.24) is 0 Å². The molecule has 8 heteroatoms. The summed E-state index contributed by atoms with van der Waals surface area (Å²) >= 11 is 0. The first kappa shape index (κ1) is 32.5. The molecular formula is C16H32N2Na2O4. The van der Waals surface area contributed by atoms with E-state index < -0.39 is 24.0 Å². The summed E-state index contributed by atoms with van der Waals surface area (Å²) in [6.45, 7) is 4.22. The third kappa shape index (κ3) is 25.1. The molecule has 0 saturated heterocycles. The summed E-state index contributed by atoms with van der Waals surface area (Å²) in [5.74, 6) is -2.28. The van der Waals surface area contributed by atoms with Gasteiger partial charge in [-0.05, 0) is 12.8 Å². The van der Waals surface area contributed by atoms with Crippen LogP contribution in [0.2, 0.25) is 0 Å². The molecule has 0 aromatic rings. The molecular weight excluding hydrogens is 330 g/mol. The molecule has 0 fully saturated rings. The largest absolute Gasteiger partial charge is 1.00 e. The number of rotatable bonds is 12. The molecule has 0 bridgehead atoms. The maximum atomic E-state index is 10.1. The Hall–Kier alpha value is 0.860. The van der Waals surface area contributed by atoms with Crippen LogP contribution in [-0.4, -0.2) is 24.0 Å². The van der Waals surface area contributed by atoms with E-state index in [0.717, 1.165) is 51.4 Å². The van der Waals surface area contributed by atoms with E-state index in [1.165, 1.54) is 0 Å². The fourth-order valence-corrected chi connectivity index (χ4v) is 1.82. The zero-order chi connectivity index (χ0) is 17.4. The van der Waals surface area contributed by atoms with Gasteiger partial charge in [0.15, 0.2) is 0 Å². The number of unbranched alkanes of at least 4 members (excludes halogenated alkanes) is 6. The predicted molar refractivity (Wildman–Crippen MR) is 83.5 cm³/mol. The van der Waals surface area contributed by atoms with E-state index in [9.17, 15) is 19.8 Å². The Bertz CT molecular complexity index is 267. The monoisotopic (exact) mass is 362 g/mol. The standard InChI is InChI=1S/2C8H17NO2.2Na/c2*1-2-3-4-5-6-7(9)8(10)11;;/h2*7H,2-6,9H2,1H3,(H,10,11);;/q;;2*+1/p-2. The number of aliphatic carboxylic acids is 2. The minimum atomic E-state index is -1.14. The average Bonchev–Trinajstić information content (AvgIpc) is 2.48. The van der Waals surface area contributed by atoms with Gasteiger partial charge < -0.3 is 31.3 Å². The van der Waals surface area contributed by atoms with Gasteiger partial charge in [-0.1, -0.05) is 65.2 Å².